The first-order chi connectivity index (χ1) is 21.8. The molecular formula is C32H41F6LiN4O4. The summed E-state index contributed by atoms with van der Waals surface area (Å²) in [6, 6.07) is 10.5. The van der Waals surface area contributed by atoms with E-state index in [9.17, 15) is 41.0 Å². The molecule has 0 radical (unpaired) electrons. The van der Waals surface area contributed by atoms with Gasteiger partial charge in [-0.25, -0.2) is 0 Å². The van der Waals surface area contributed by atoms with Gasteiger partial charge in [-0.3, -0.25) is 14.6 Å². The zero-order chi connectivity index (χ0) is 33.7. The zero-order valence-corrected chi connectivity index (χ0v) is 26.9. The summed E-state index contributed by atoms with van der Waals surface area (Å²) in [7, 11) is 0. The Labute approximate surface area is 283 Å². The van der Waals surface area contributed by atoms with E-state index in [1.54, 1.807) is 6.92 Å². The van der Waals surface area contributed by atoms with E-state index in [0.717, 1.165) is 101 Å². The number of carbonyl (C=O) groups is 2. The predicted molar refractivity (Wildman–Crippen MR) is 160 cm³/mol. The molecule has 2 heterocycles. The van der Waals surface area contributed by atoms with Crippen LogP contribution in [0.5, 0.6) is 0 Å². The number of carboxylic acid groups (broad SMARTS) is 1. The number of carboxylic acids is 1. The molecule has 2 aliphatic heterocycles. The van der Waals surface area contributed by atoms with Gasteiger partial charge in [0, 0.05) is 76.1 Å². The minimum Gasteiger partial charge on any atom is -0.550 e. The summed E-state index contributed by atoms with van der Waals surface area (Å²) in [5, 5.41) is 10.4. The molecule has 0 aliphatic carbocycles. The Morgan fingerprint density at radius 1 is 0.660 bits per heavy atom. The fourth-order valence-corrected chi connectivity index (χ4v) is 5.31. The Hall–Kier alpha value is -2.92. The maximum absolute atomic E-state index is 12.6. The smallest absolute Gasteiger partial charge is 0.550 e. The molecule has 47 heavy (non-hydrogen) atoms. The number of nitrogens with zero attached hydrogens (tertiary/aromatic N) is 4. The number of anilines is 2. The first-order valence-electron chi connectivity index (χ1n) is 15.4. The molecule has 256 valence electrons. The van der Waals surface area contributed by atoms with Gasteiger partial charge in [-0.1, -0.05) is 0 Å². The normalized spacial score (nSPS) is 16.1. The van der Waals surface area contributed by atoms with E-state index >= 15 is 0 Å². The van der Waals surface area contributed by atoms with Crippen LogP contribution in [0.1, 0.15) is 43.7 Å². The van der Waals surface area contributed by atoms with Crippen LogP contribution in [0, 0.1) is 0 Å². The van der Waals surface area contributed by atoms with E-state index in [0.29, 0.717) is 26.0 Å². The molecule has 2 fully saturated rings. The van der Waals surface area contributed by atoms with Crippen molar-refractivity contribution in [3.8, 4) is 0 Å². The number of aliphatic carboxylic acids is 1. The Kier molecular flexibility index (Phi) is 16.4. The second-order valence-corrected chi connectivity index (χ2v) is 11.1. The van der Waals surface area contributed by atoms with E-state index < -0.39 is 29.4 Å². The van der Waals surface area contributed by atoms with Crippen molar-refractivity contribution in [2.45, 2.75) is 45.0 Å². The molecule has 0 saturated carbocycles. The summed E-state index contributed by atoms with van der Waals surface area (Å²) < 4.78 is 80.2. The minimum absolute atomic E-state index is 0. The number of ether oxygens (including phenoxy) is 1. The molecule has 0 bridgehead atoms. The van der Waals surface area contributed by atoms with Crippen LogP contribution >= 0.6 is 0 Å². The molecule has 0 atom stereocenters. The van der Waals surface area contributed by atoms with Gasteiger partial charge in [-0.2, -0.15) is 26.3 Å². The number of carbonyl (C=O) groups excluding carboxylic acids is 2. The maximum atomic E-state index is 12.6. The van der Waals surface area contributed by atoms with Crippen LogP contribution in [-0.2, 0) is 26.7 Å². The Balaban J connectivity index is 0.000000321. The molecule has 2 aromatic rings. The minimum atomic E-state index is -4.31. The van der Waals surface area contributed by atoms with E-state index in [2.05, 4.69) is 14.7 Å². The van der Waals surface area contributed by atoms with Gasteiger partial charge >= 0.3 is 37.2 Å². The van der Waals surface area contributed by atoms with Crippen molar-refractivity contribution < 1.29 is 64.6 Å². The Morgan fingerprint density at radius 3 is 1.34 bits per heavy atom. The Bertz CT molecular complexity index is 1220. The number of esters is 1. The van der Waals surface area contributed by atoms with Crippen molar-refractivity contribution >= 4 is 23.3 Å². The van der Waals surface area contributed by atoms with E-state index in [1.165, 1.54) is 24.3 Å². The van der Waals surface area contributed by atoms with Gasteiger partial charge in [0.15, 0.2) is 0 Å². The second-order valence-electron chi connectivity index (χ2n) is 11.1. The number of benzene rings is 2. The molecule has 2 aromatic carbocycles. The Morgan fingerprint density at radius 2 is 1.02 bits per heavy atom. The monoisotopic (exact) mass is 666 g/mol. The quantitative estimate of drug-likeness (QED) is 0.203. The molecule has 4 rings (SSSR count). The van der Waals surface area contributed by atoms with Gasteiger partial charge in [0.2, 0.25) is 0 Å². The van der Waals surface area contributed by atoms with Gasteiger partial charge in [-0.15, -0.1) is 0 Å². The number of halogens is 6. The molecule has 0 spiro atoms. The first kappa shape index (κ1) is 40.3. The summed E-state index contributed by atoms with van der Waals surface area (Å²) >= 11 is 0. The molecule has 2 saturated heterocycles. The van der Waals surface area contributed by atoms with Crippen molar-refractivity contribution in [1.29, 1.82) is 0 Å². The van der Waals surface area contributed by atoms with Crippen LogP contribution in [-0.4, -0.2) is 93.8 Å². The number of hydrogen-bond acceptors (Lipinski definition) is 8. The molecule has 0 N–H and O–H groups in total. The summed E-state index contributed by atoms with van der Waals surface area (Å²) in [6.07, 6.45) is -6.81. The second kappa shape index (κ2) is 19.2. The largest absolute Gasteiger partial charge is 1.00 e. The van der Waals surface area contributed by atoms with Crippen molar-refractivity contribution in [1.82, 2.24) is 9.80 Å². The first-order valence-corrected chi connectivity index (χ1v) is 15.4. The van der Waals surface area contributed by atoms with E-state index in [-0.39, 0.29) is 31.3 Å². The average Bonchev–Trinajstić information content (AvgIpc) is 3.01. The SMILES string of the molecule is CCOC(=O)CCCN1CCN(c2ccc(C(F)(F)F)cc2)CC1.O=C([O-])CCCN1CCN(c2ccc(C(F)(F)F)cc2)CC1.[Li+]. The third-order valence-electron chi connectivity index (χ3n) is 7.88. The summed E-state index contributed by atoms with van der Waals surface area (Å²) in [5.41, 5.74) is 0.331. The van der Waals surface area contributed by atoms with Crippen LogP contribution in [0.4, 0.5) is 37.7 Å². The summed E-state index contributed by atoms with van der Waals surface area (Å²) in [5.74, 6) is -1.20. The fourth-order valence-electron chi connectivity index (χ4n) is 5.31. The summed E-state index contributed by atoms with van der Waals surface area (Å²) in [6.45, 7) is 9.93. The molecule has 2 aliphatic rings. The molecule has 0 amide bonds. The van der Waals surface area contributed by atoms with Crippen LogP contribution in [0.2, 0.25) is 0 Å². The van der Waals surface area contributed by atoms with Crippen molar-refractivity contribution in [3.63, 3.8) is 0 Å². The zero-order valence-electron chi connectivity index (χ0n) is 26.9. The standard InChI is InChI=1S/C17H23F3N2O2.C15H19F3N2O2.Li/c1-2-24-16(23)4-3-9-21-10-12-22(13-11-21)15-7-5-14(6-8-15)17(18,19)20;16-15(17,18)12-3-5-13(6-4-12)20-10-8-19(9-11-20)7-1-2-14(21)22;/h5-8H,2-4,9-13H2,1H3;3-6H,1-2,7-11H2,(H,21,22);/q;;+1/p-1. The molecular weight excluding hydrogens is 625 g/mol. The van der Waals surface area contributed by atoms with E-state index in [1.807, 2.05) is 4.90 Å². The van der Waals surface area contributed by atoms with Crippen molar-refractivity contribution in [2.75, 3.05) is 81.9 Å². The molecule has 0 unspecified atom stereocenters. The number of alkyl halides is 6. The number of piperazine rings is 2. The van der Waals surface area contributed by atoms with Gasteiger partial charge in [-0.05, 0) is 87.8 Å². The van der Waals surface area contributed by atoms with Gasteiger partial charge < -0.3 is 24.4 Å². The van der Waals surface area contributed by atoms with Gasteiger partial charge in [0.25, 0.3) is 0 Å². The van der Waals surface area contributed by atoms with Crippen LogP contribution in [0.25, 0.3) is 0 Å². The van der Waals surface area contributed by atoms with Crippen molar-refractivity contribution in [2.24, 2.45) is 0 Å². The molecule has 8 nitrogen and oxygen atoms in total. The summed E-state index contributed by atoms with van der Waals surface area (Å²) in [4.78, 5) is 30.2. The molecule has 0 aromatic heterocycles. The average molecular weight is 667 g/mol. The third-order valence-corrected chi connectivity index (χ3v) is 7.88. The van der Waals surface area contributed by atoms with Gasteiger partial charge in [0.1, 0.15) is 0 Å². The third kappa shape index (κ3) is 14.0. The van der Waals surface area contributed by atoms with E-state index in [4.69, 9.17) is 4.74 Å². The molecule has 15 heteroatoms. The predicted octanol–water partition coefficient (Wildman–Crippen LogP) is 1.53. The van der Waals surface area contributed by atoms with Crippen LogP contribution < -0.4 is 33.8 Å². The van der Waals surface area contributed by atoms with Crippen molar-refractivity contribution in [3.05, 3.63) is 59.7 Å². The van der Waals surface area contributed by atoms with Crippen LogP contribution in [0.3, 0.4) is 0 Å². The maximum Gasteiger partial charge on any atom is 1.00 e. The van der Waals surface area contributed by atoms with Crippen LogP contribution in [0.15, 0.2) is 48.5 Å². The topological polar surface area (TPSA) is 79.4 Å². The van der Waals surface area contributed by atoms with Gasteiger partial charge in [0.05, 0.1) is 17.7 Å². The fraction of sp³-hybridized carbons (Fsp3) is 0.562. The number of rotatable bonds is 11. The number of hydrogen-bond donors (Lipinski definition) is 0.